The molecule has 2 aromatic carbocycles. The van der Waals surface area contributed by atoms with Gasteiger partial charge in [-0.1, -0.05) is 41.7 Å². The van der Waals surface area contributed by atoms with Crippen molar-refractivity contribution >= 4 is 42.4 Å². The Morgan fingerprint density at radius 1 is 1.12 bits per heavy atom. The van der Waals surface area contributed by atoms with Gasteiger partial charge in [-0.3, -0.25) is 4.72 Å². The van der Waals surface area contributed by atoms with Gasteiger partial charge in [-0.25, -0.2) is 13.4 Å². The molecule has 1 aliphatic rings. The maximum absolute atomic E-state index is 12.4. The molecule has 6 nitrogen and oxygen atoms in total. The molecule has 1 N–H and O–H groups in total. The second-order valence-corrected chi connectivity index (χ2v) is 8.86. The molecule has 0 aliphatic carbocycles. The van der Waals surface area contributed by atoms with Crippen LogP contribution in [0.25, 0.3) is 10.2 Å². The third kappa shape index (κ3) is 3.98. The van der Waals surface area contributed by atoms with E-state index in [1.54, 1.807) is 29.5 Å². The normalized spacial score (nSPS) is 15.3. The van der Waals surface area contributed by atoms with Crippen LogP contribution in [0, 0.1) is 0 Å². The van der Waals surface area contributed by atoms with E-state index >= 15 is 0 Å². The van der Waals surface area contributed by atoms with Gasteiger partial charge < -0.3 is 9.64 Å². The Hall–Kier alpha value is -2.16. The van der Waals surface area contributed by atoms with E-state index in [0.29, 0.717) is 18.9 Å². The van der Waals surface area contributed by atoms with Crippen LogP contribution in [-0.2, 0) is 20.5 Å². The summed E-state index contributed by atoms with van der Waals surface area (Å²) in [4.78, 5) is 6.86. The van der Waals surface area contributed by atoms with Crippen molar-refractivity contribution in [3.8, 4) is 0 Å². The van der Waals surface area contributed by atoms with Gasteiger partial charge in [0, 0.05) is 13.1 Å². The molecule has 1 aliphatic heterocycles. The number of fused-ring (bicyclic) bond motifs is 1. The summed E-state index contributed by atoms with van der Waals surface area (Å²) in [5.74, 6) is -0.0480. The first-order valence-corrected chi connectivity index (χ1v) is 10.8. The minimum absolute atomic E-state index is 0.0480. The minimum Gasteiger partial charge on any atom is -0.378 e. The third-order valence-corrected chi connectivity index (χ3v) is 6.47. The van der Waals surface area contributed by atoms with Crippen molar-refractivity contribution in [2.75, 3.05) is 35.9 Å². The van der Waals surface area contributed by atoms with Gasteiger partial charge in [-0.05, 0) is 23.8 Å². The molecule has 1 fully saturated rings. The van der Waals surface area contributed by atoms with Crippen molar-refractivity contribution < 1.29 is 13.2 Å². The van der Waals surface area contributed by atoms with Crippen molar-refractivity contribution in [1.82, 2.24) is 4.98 Å². The van der Waals surface area contributed by atoms with Gasteiger partial charge in [0.15, 0.2) is 5.13 Å². The molecule has 1 saturated heterocycles. The van der Waals surface area contributed by atoms with Crippen LogP contribution in [0.2, 0.25) is 0 Å². The van der Waals surface area contributed by atoms with E-state index in [4.69, 9.17) is 4.74 Å². The summed E-state index contributed by atoms with van der Waals surface area (Å²) >= 11 is 1.57. The van der Waals surface area contributed by atoms with Gasteiger partial charge in [0.25, 0.3) is 0 Å². The quantitative estimate of drug-likeness (QED) is 0.726. The molecule has 0 bridgehead atoms. The second-order valence-electron chi connectivity index (χ2n) is 6.13. The molecule has 0 unspecified atom stereocenters. The molecular weight excluding hydrogens is 370 g/mol. The first kappa shape index (κ1) is 17.3. The average molecular weight is 390 g/mol. The highest BCUT2D eigenvalue weighted by Gasteiger charge is 2.16. The largest absolute Gasteiger partial charge is 0.378 e. The summed E-state index contributed by atoms with van der Waals surface area (Å²) in [6.45, 7) is 3.08. The van der Waals surface area contributed by atoms with Gasteiger partial charge in [-0.15, -0.1) is 0 Å². The Morgan fingerprint density at radius 3 is 2.65 bits per heavy atom. The number of thiazole rings is 1. The summed E-state index contributed by atoms with van der Waals surface area (Å²) in [6, 6.07) is 14.6. The number of nitrogens with zero attached hydrogens (tertiary/aromatic N) is 2. The predicted molar refractivity (Wildman–Crippen MR) is 105 cm³/mol. The average Bonchev–Trinajstić information content (AvgIpc) is 3.06. The number of nitrogens with one attached hydrogen (secondary N) is 1. The highest BCUT2D eigenvalue weighted by Crippen LogP contribution is 2.31. The summed E-state index contributed by atoms with van der Waals surface area (Å²) in [5, 5.41) is 0.951. The molecule has 0 saturated carbocycles. The Labute approximate surface area is 156 Å². The van der Waals surface area contributed by atoms with Crippen LogP contribution in [0.4, 0.5) is 10.8 Å². The summed E-state index contributed by atoms with van der Waals surface area (Å²) < 4.78 is 33.8. The molecule has 0 amide bonds. The summed E-state index contributed by atoms with van der Waals surface area (Å²) in [7, 11) is -3.46. The Morgan fingerprint density at radius 2 is 1.88 bits per heavy atom. The molecule has 1 aromatic heterocycles. The molecule has 4 rings (SSSR count). The third-order valence-electron chi connectivity index (χ3n) is 4.13. The van der Waals surface area contributed by atoms with Gasteiger partial charge in [0.2, 0.25) is 10.0 Å². The fourth-order valence-corrected chi connectivity index (χ4v) is 5.12. The van der Waals surface area contributed by atoms with Gasteiger partial charge in [0.05, 0.1) is 34.9 Å². The number of rotatable bonds is 5. The fraction of sp³-hybridized carbons (Fsp3) is 0.278. The summed E-state index contributed by atoms with van der Waals surface area (Å²) in [5.41, 5.74) is 2.20. The SMILES string of the molecule is O=S(=O)(Cc1ccccc1)Nc1ccc2nc(N3CCOCC3)sc2c1. The van der Waals surface area contributed by atoms with Crippen LogP contribution < -0.4 is 9.62 Å². The van der Waals surface area contributed by atoms with Crippen LogP contribution in [0.15, 0.2) is 48.5 Å². The topological polar surface area (TPSA) is 71.5 Å². The lowest BCUT2D eigenvalue weighted by molar-refractivity contribution is 0.122. The van der Waals surface area contributed by atoms with Crippen molar-refractivity contribution in [2.45, 2.75) is 5.75 Å². The van der Waals surface area contributed by atoms with Crippen LogP contribution >= 0.6 is 11.3 Å². The number of aromatic nitrogens is 1. The number of anilines is 2. The highest BCUT2D eigenvalue weighted by molar-refractivity contribution is 7.91. The number of morpholine rings is 1. The number of hydrogen-bond acceptors (Lipinski definition) is 6. The van der Waals surface area contributed by atoms with Crippen molar-refractivity contribution in [1.29, 1.82) is 0 Å². The fourth-order valence-electron chi connectivity index (χ4n) is 2.88. The monoisotopic (exact) mass is 389 g/mol. The maximum atomic E-state index is 12.4. The Bertz CT molecular complexity index is 997. The molecule has 8 heteroatoms. The van der Waals surface area contributed by atoms with E-state index in [1.807, 2.05) is 30.3 Å². The first-order chi connectivity index (χ1) is 12.6. The Balaban J connectivity index is 1.53. The second kappa shape index (κ2) is 7.22. The van der Waals surface area contributed by atoms with Crippen molar-refractivity contribution in [3.63, 3.8) is 0 Å². The maximum Gasteiger partial charge on any atom is 0.236 e. The van der Waals surface area contributed by atoms with E-state index < -0.39 is 10.0 Å². The lowest BCUT2D eigenvalue weighted by atomic mass is 10.2. The lowest BCUT2D eigenvalue weighted by Crippen LogP contribution is -2.36. The molecule has 0 spiro atoms. The smallest absolute Gasteiger partial charge is 0.236 e. The van der Waals surface area contributed by atoms with E-state index in [-0.39, 0.29) is 5.75 Å². The van der Waals surface area contributed by atoms with Crippen LogP contribution in [0.5, 0.6) is 0 Å². The van der Waals surface area contributed by atoms with Crippen molar-refractivity contribution in [2.24, 2.45) is 0 Å². The minimum atomic E-state index is -3.46. The Kier molecular flexibility index (Phi) is 4.80. The molecule has 136 valence electrons. The van der Waals surface area contributed by atoms with Crippen LogP contribution in [0.1, 0.15) is 5.56 Å². The van der Waals surface area contributed by atoms with Crippen molar-refractivity contribution in [3.05, 3.63) is 54.1 Å². The van der Waals surface area contributed by atoms with E-state index in [0.717, 1.165) is 34.0 Å². The number of sulfonamides is 1. The van der Waals surface area contributed by atoms with Gasteiger partial charge in [0.1, 0.15) is 0 Å². The number of ether oxygens (including phenoxy) is 1. The molecule has 26 heavy (non-hydrogen) atoms. The number of hydrogen-bond donors (Lipinski definition) is 1. The molecule has 0 radical (unpaired) electrons. The van der Waals surface area contributed by atoms with Gasteiger partial charge >= 0.3 is 0 Å². The zero-order chi connectivity index (χ0) is 18.0. The van der Waals surface area contributed by atoms with Crippen LogP contribution in [-0.4, -0.2) is 39.7 Å². The van der Waals surface area contributed by atoms with Gasteiger partial charge in [-0.2, -0.15) is 0 Å². The van der Waals surface area contributed by atoms with E-state index in [2.05, 4.69) is 14.6 Å². The van der Waals surface area contributed by atoms with E-state index in [9.17, 15) is 8.42 Å². The first-order valence-electron chi connectivity index (χ1n) is 8.37. The molecule has 0 atom stereocenters. The molecular formula is C18H19N3O3S2. The highest BCUT2D eigenvalue weighted by atomic mass is 32.2. The zero-order valence-corrected chi connectivity index (χ0v) is 15.7. The van der Waals surface area contributed by atoms with E-state index in [1.165, 1.54) is 0 Å². The molecule has 2 heterocycles. The molecule has 3 aromatic rings. The lowest BCUT2D eigenvalue weighted by Gasteiger charge is -2.25. The predicted octanol–water partition coefficient (Wildman–Crippen LogP) is 3.07. The van der Waals surface area contributed by atoms with Crippen LogP contribution in [0.3, 0.4) is 0 Å². The summed E-state index contributed by atoms with van der Waals surface area (Å²) in [6.07, 6.45) is 0. The zero-order valence-electron chi connectivity index (χ0n) is 14.1. The standard InChI is InChI=1S/C18H19N3O3S2/c22-26(23,13-14-4-2-1-3-5-14)20-15-6-7-16-17(12-15)25-18(19-16)21-8-10-24-11-9-21/h1-7,12,20H,8-11,13H2. The number of benzene rings is 2.